The zero-order valence-electron chi connectivity index (χ0n) is 28.0. The number of hydrogen-bond donors (Lipinski definition) is 0. The van der Waals surface area contributed by atoms with Gasteiger partial charge in [0.05, 0.1) is 11.0 Å². The van der Waals surface area contributed by atoms with Crippen LogP contribution in [0.5, 0.6) is 0 Å². The number of furan rings is 1. The molecule has 0 bridgehead atoms. The van der Waals surface area contributed by atoms with Crippen molar-refractivity contribution in [2.45, 2.75) is 0 Å². The fourth-order valence-corrected chi connectivity index (χ4v) is 9.16. The third-order valence-corrected chi connectivity index (χ3v) is 11.5. The second-order valence-corrected chi connectivity index (χ2v) is 14.4. The topological polar surface area (TPSA) is 21.3 Å². The van der Waals surface area contributed by atoms with Gasteiger partial charge in [-0.3, -0.25) is 0 Å². The van der Waals surface area contributed by atoms with Crippen LogP contribution >= 0.6 is 11.3 Å². The van der Waals surface area contributed by atoms with E-state index in [-0.39, 0.29) is 0 Å². The van der Waals surface area contributed by atoms with Gasteiger partial charge in [0.15, 0.2) is 0 Å². The van der Waals surface area contributed by atoms with Gasteiger partial charge in [0.25, 0.3) is 0 Å². The van der Waals surface area contributed by atoms with Crippen molar-refractivity contribution in [2.24, 2.45) is 0 Å². The molecule has 0 amide bonds. The minimum atomic E-state index is 0.910. The van der Waals surface area contributed by atoms with E-state index in [0.29, 0.717) is 0 Å². The van der Waals surface area contributed by atoms with Crippen molar-refractivity contribution in [3.8, 4) is 16.8 Å². The molecule has 3 nitrogen and oxygen atoms in total. The van der Waals surface area contributed by atoms with Crippen LogP contribution in [0.3, 0.4) is 0 Å². The lowest BCUT2D eigenvalue weighted by Gasteiger charge is -2.26. The summed E-state index contributed by atoms with van der Waals surface area (Å²) in [6.45, 7) is 0. The third kappa shape index (κ3) is 4.45. The van der Waals surface area contributed by atoms with Crippen molar-refractivity contribution < 1.29 is 4.42 Å². The summed E-state index contributed by atoms with van der Waals surface area (Å²) in [5.41, 5.74) is 10.9. The van der Waals surface area contributed by atoms with Gasteiger partial charge in [0.2, 0.25) is 0 Å². The number of thiophene rings is 1. The number of aromatic nitrogens is 1. The minimum Gasteiger partial charge on any atom is -0.455 e. The molecule has 52 heavy (non-hydrogen) atoms. The molecule has 8 aromatic carbocycles. The average molecular weight is 683 g/mol. The molecule has 4 heteroatoms. The summed E-state index contributed by atoms with van der Waals surface area (Å²) in [7, 11) is 0. The molecule has 3 aromatic heterocycles. The Kier molecular flexibility index (Phi) is 6.42. The molecule has 0 aliphatic rings. The molecule has 11 aromatic rings. The van der Waals surface area contributed by atoms with Crippen molar-refractivity contribution in [3.05, 3.63) is 182 Å². The largest absolute Gasteiger partial charge is 0.455 e. The molecule has 0 atom stereocenters. The molecule has 0 saturated heterocycles. The molecular formula is C48H30N2OS. The summed E-state index contributed by atoms with van der Waals surface area (Å²) in [6.07, 6.45) is 0. The number of hydrogen-bond acceptors (Lipinski definition) is 3. The first-order chi connectivity index (χ1) is 25.8. The van der Waals surface area contributed by atoms with Crippen LogP contribution in [0.2, 0.25) is 0 Å². The highest BCUT2D eigenvalue weighted by molar-refractivity contribution is 7.25. The fraction of sp³-hybridized carbons (Fsp3) is 0. The van der Waals surface area contributed by atoms with Gasteiger partial charge in [0.1, 0.15) is 11.2 Å². The number of benzene rings is 8. The fourth-order valence-electron chi connectivity index (χ4n) is 8.02. The van der Waals surface area contributed by atoms with Gasteiger partial charge in [-0.2, -0.15) is 0 Å². The standard InChI is InChI=1S/C48H30N2OS/c1-2-11-32(12-3-1)50-43-18-7-4-13-37(43)38-27-25-34(29-44(38)50)49(35-26-28-41-40-15-6-9-20-46(40)52-47(41)30-35)33-23-21-31(22-24-33)36-16-10-17-42-39-14-5-8-19-45(39)51-48(36)42/h1-30H. The maximum absolute atomic E-state index is 6.42. The number of nitrogens with zero attached hydrogens (tertiary/aromatic N) is 2. The van der Waals surface area contributed by atoms with E-state index in [4.69, 9.17) is 4.42 Å². The quantitative estimate of drug-likeness (QED) is 0.180. The highest BCUT2D eigenvalue weighted by Gasteiger charge is 2.19. The summed E-state index contributed by atoms with van der Waals surface area (Å²) in [4.78, 5) is 2.39. The summed E-state index contributed by atoms with van der Waals surface area (Å²) >= 11 is 1.85. The molecule has 0 aliphatic heterocycles. The van der Waals surface area contributed by atoms with Gasteiger partial charge >= 0.3 is 0 Å². The van der Waals surface area contributed by atoms with E-state index in [2.05, 4.69) is 179 Å². The molecule has 0 spiro atoms. The van der Waals surface area contributed by atoms with Crippen LogP contribution in [0.1, 0.15) is 0 Å². The zero-order chi connectivity index (χ0) is 34.2. The maximum Gasteiger partial charge on any atom is 0.143 e. The van der Waals surface area contributed by atoms with Crippen LogP contribution < -0.4 is 4.90 Å². The number of fused-ring (bicyclic) bond motifs is 9. The van der Waals surface area contributed by atoms with Crippen LogP contribution in [0.25, 0.3) is 80.7 Å². The SMILES string of the molecule is c1ccc(-n2c3ccccc3c3ccc(N(c4ccc(-c5cccc6c5oc5ccccc56)cc4)c4ccc5c(c4)sc4ccccc45)cc32)cc1. The maximum atomic E-state index is 6.42. The van der Waals surface area contributed by atoms with Crippen molar-refractivity contribution in [1.82, 2.24) is 4.57 Å². The highest BCUT2D eigenvalue weighted by Crippen LogP contribution is 2.43. The Morgan fingerprint density at radius 2 is 1.06 bits per heavy atom. The van der Waals surface area contributed by atoms with Crippen LogP contribution in [-0.2, 0) is 0 Å². The molecule has 244 valence electrons. The van der Waals surface area contributed by atoms with E-state index >= 15 is 0 Å². The molecule has 0 radical (unpaired) electrons. The van der Waals surface area contributed by atoms with Crippen LogP contribution in [0.15, 0.2) is 186 Å². The smallest absolute Gasteiger partial charge is 0.143 e. The molecule has 3 heterocycles. The Morgan fingerprint density at radius 3 is 1.92 bits per heavy atom. The van der Waals surface area contributed by atoms with Crippen LogP contribution in [0, 0.1) is 0 Å². The zero-order valence-corrected chi connectivity index (χ0v) is 28.8. The van der Waals surface area contributed by atoms with Gasteiger partial charge < -0.3 is 13.9 Å². The van der Waals surface area contributed by atoms with E-state index in [0.717, 1.165) is 55.8 Å². The van der Waals surface area contributed by atoms with Gasteiger partial charge in [-0.1, -0.05) is 115 Å². The van der Waals surface area contributed by atoms with E-state index in [1.165, 1.54) is 42.0 Å². The first kappa shape index (κ1) is 29.1. The summed E-state index contributed by atoms with van der Waals surface area (Å²) in [6, 6.07) is 65.5. The van der Waals surface area contributed by atoms with E-state index in [1.807, 2.05) is 23.5 Å². The minimum absolute atomic E-state index is 0.910. The highest BCUT2D eigenvalue weighted by atomic mass is 32.1. The second kappa shape index (κ2) is 11.5. The van der Waals surface area contributed by atoms with Crippen molar-refractivity contribution in [3.63, 3.8) is 0 Å². The molecule has 0 aliphatic carbocycles. The Labute approximate surface area is 303 Å². The van der Waals surface area contributed by atoms with Gasteiger partial charge in [-0.05, 0) is 72.3 Å². The van der Waals surface area contributed by atoms with E-state index in [1.54, 1.807) is 0 Å². The second-order valence-electron chi connectivity index (χ2n) is 13.3. The lowest BCUT2D eigenvalue weighted by molar-refractivity contribution is 0.670. The molecule has 11 rings (SSSR count). The van der Waals surface area contributed by atoms with Crippen molar-refractivity contribution in [1.29, 1.82) is 0 Å². The van der Waals surface area contributed by atoms with Gasteiger partial charge in [-0.25, -0.2) is 0 Å². The van der Waals surface area contributed by atoms with Crippen LogP contribution in [-0.4, -0.2) is 4.57 Å². The van der Waals surface area contributed by atoms with Gasteiger partial charge in [0, 0.05) is 70.0 Å². The monoisotopic (exact) mass is 682 g/mol. The Balaban J connectivity index is 1.11. The molecular weight excluding hydrogens is 653 g/mol. The predicted molar refractivity (Wildman–Crippen MR) is 221 cm³/mol. The van der Waals surface area contributed by atoms with Crippen LogP contribution in [0.4, 0.5) is 17.1 Å². The molecule has 0 saturated carbocycles. The van der Waals surface area contributed by atoms with E-state index in [9.17, 15) is 0 Å². The number of para-hydroxylation sites is 4. The van der Waals surface area contributed by atoms with Crippen molar-refractivity contribution >= 4 is 92.3 Å². The summed E-state index contributed by atoms with van der Waals surface area (Å²) in [5.74, 6) is 0. The number of rotatable bonds is 5. The summed E-state index contributed by atoms with van der Waals surface area (Å²) < 4.78 is 11.4. The first-order valence-corrected chi connectivity index (χ1v) is 18.4. The van der Waals surface area contributed by atoms with Crippen molar-refractivity contribution in [2.75, 3.05) is 4.90 Å². The summed E-state index contributed by atoms with van der Waals surface area (Å²) in [5, 5.41) is 7.35. The predicted octanol–water partition coefficient (Wildman–Crippen LogP) is 14.2. The Morgan fingerprint density at radius 1 is 0.423 bits per heavy atom. The lowest BCUT2D eigenvalue weighted by Crippen LogP contribution is -2.10. The first-order valence-electron chi connectivity index (χ1n) is 17.6. The lowest BCUT2D eigenvalue weighted by atomic mass is 10.0. The van der Waals surface area contributed by atoms with Gasteiger partial charge in [-0.15, -0.1) is 11.3 Å². The normalized spacial score (nSPS) is 11.8. The Hall–Kier alpha value is -6.62. The molecule has 0 fully saturated rings. The Bertz CT molecular complexity index is 3130. The third-order valence-electron chi connectivity index (χ3n) is 10.4. The number of anilines is 3. The molecule has 0 unspecified atom stereocenters. The van der Waals surface area contributed by atoms with E-state index < -0.39 is 0 Å². The molecule has 0 N–H and O–H groups in total. The average Bonchev–Trinajstić information content (AvgIpc) is 3.88.